The quantitative estimate of drug-likeness (QED) is 0.865. The van der Waals surface area contributed by atoms with E-state index in [1.807, 2.05) is 12.5 Å². The van der Waals surface area contributed by atoms with Gasteiger partial charge in [0.15, 0.2) is 0 Å². The Morgan fingerprint density at radius 1 is 1.44 bits per heavy atom. The summed E-state index contributed by atoms with van der Waals surface area (Å²) >= 11 is 0. The van der Waals surface area contributed by atoms with E-state index in [4.69, 9.17) is 4.42 Å². The number of furan rings is 1. The highest BCUT2D eigenvalue weighted by Gasteiger charge is 2.35. The molecule has 1 aromatic rings. The minimum absolute atomic E-state index is 0.469. The van der Waals surface area contributed by atoms with Crippen molar-refractivity contribution in [1.29, 1.82) is 0 Å². The molecule has 0 spiro atoms. The summed E-state index contributed by atoms with van der Waals surface area (Å²) in [7, 11) is 0. The highest BCUT2D eigenvalue weighted by Crippen LogP contribution is 2.46. The van der Waals surface area contributed by atoms with Gasteiger partial charge in [0.2, 0.25) is 0 Å². The molecule has 2 unspecified atom stereocenters. The Morgan fingerprint density at radius 3 is 2.83 bits per heavy atom. The summed E-state index contributed by atoms with van der Waals surface area (Å²) in [6.07, 6.45) is 7.68. The van der Waals surface area contributed by atoms with Gasteiger partial charge in [-0.2, -0.15) is 0 Å². The summed E-state index contributed by atoms with van der Waals surface area (Å²) in [4.78, 5) is 0. The van der Waals surface area contributed by atoms with Gasteiger partial charge in [-0.3, -0.25) is 0 Å². The van der Waals surface area contributed by atoms with Crippen molar-refractivity contribution in [2.24, 2.45) is 11.3 Å². The SMILES string of the molecule is CC(C)NCC1CCC(C)(C)CC1c1ccoc1. The van der Waals surface area contributed by atoms with Gasteiger partial charge in [0, 0.05) is 6.04 Å². The van der Waals surface area contributed by atoms with E-state index in [1.54, 1.807) is 0 Å². The fourth-order valence-electron chi connectivity index (χ4n) is 3.15. The van der Waals surface area contributed by atoms with Crippen molar-refractivity contribution in [2.45, 2.75) is 58.9 Å². The van der Waals surface area contributed by atoms with Crippen LogP contribution in [0.1, 0.15) is 58.4 Å². The lowest BCUT2D eigenvalue weighted by Crippen LogP contribution is -2.36. The fourth-order valence-corrected chi connectivity index (χ4v) is 3.15. The summed E-state index contributed by atoms with van der Waals surface area (Å²) < 4.78 is 5.29. The molecule has 1 N–H and O–H groups in total. The first-order chi connectivity index (χ1) is 8.48. The topological polar surface area (TPSA) is 25.2 Å². The molecular formula is C16H27NO. The Kier molecular flexibility index (Phi) is 4.16. The largest absolute Gasteiger partial charge is 0.472 e. The molecule has 1 heterocycles. The second kappa shape index (κ2) is 5.48. The van der Waals surface area contributed by atoms with Crippen LogP contribution in [0, 0.1) is 11.3 Å². The lowest BCUT2D eigenvalue weighted by Gasteiger charge is -2.41. The first-order valence-corrected chi connectivity index (χ1v) is 7.23. The molecule has 2 rings (SSSR count). The zero-order chi connectivity index (χ0) is 13.2. The average Bonchev–Trinajstić information content (AvgIpc) is 2.79. The standard InChI is InChI=1S/C16H27NO/c1-12(2)17-10-13-5-7-16(3,4)9-15(13)14-6-8-18-11-14/h6,8,11-13,15,17H,5,7,9-10H2,1-4H3. The maximum absolute atomic E-state index is 5.29. The zero-order valence-corrected chi connectivity index (χ0v) is 12.2. The third-order valence-corrected chi connectivity index (χ3v) is 4.29. The highest BCUT2D eigenvalue weighted by atomic mass is 16.3. The van der Waals surface area contributed by atoms with Gasteiger partial charge in [-0.1, -0.05) is 27.7 Å². The third-order valence-electron chi connectivity index (χ3n) is 4.29. The Bertz CT molecular complexity index is 351. The fraction of sp³-hybridized carbons (Fsp3) is 0.750. The minimum Gasteiger partial charge on any atom is -0.472 e. The Morgan fingerprint density at radius 2 is 2.22 bits per heavy atom. The van der Waals surface area contributed by atoms with Crippen LogP contribution >= 0.6 is 0 Å². The minimum atomic E-state index is 0.469. The molecule has 0 saturated heterocycles. The van der Waals surface area contributed by atoms with E-state index in [-0.39, 0.29) is 0 Å². The molecule has 2 nitrogen and oxygen atoms in total. The van der Waals surface area contributed by atoms with Crippen LogP contribution in [0.4, 0.5) is 0 Å². The number of hydrogen-bond acceptors (Lipinski definition) is 2. The molecule has 1 aromatic heterocycles. The zero-order valence-electron chi connectivity index (χ0n) is 12.2. The van der Waals surface area contributed by atoms with E-state index < -0.39 is 0 Å². The van der Waals surface area contributed by atoms with Crippen molar-refractivity contribution in [3.63, 3.8) is 0 Å². The molecular weight excluding hydrogens is 222 g/mol. The molecule has 0 amide bonds. The van der Waals surface area contributed by atoms with Crippen LogP contribution in [-0.2, 0) is 0 Å². The van der Waals surface area contributed by atoms with Gasteiger partial charge < -0.3 is 9.73 Å². The number of rotatable bonds is 4. The number of hydrogen-bond donors (Lipinski definition) is 1. The summed E-state index contributed by atoms with van der Waals surface area (Å²) in [5.74, 6) is 1.40. The number of nitrogens with one attached hydrogen (secondary N) is 1. The second-order valence-corrected chi connectivity index (χ2v) is 6.89. The van der Waals surface area contributed by atoms with E-state index >= 15 is 0 Å². The van der Waals surface area contributed by atoms with Crippen molar-refractivity contribution in [1.82, 2.24) is 5.32 Å². The monoisotopic (exact) mass is 249 g/mol. The van der Waals surface area contributed by atoms with Crippen LogP contribution in [0.25, 0.3) is 0 Å². The van der Waals surface area contributed by atoms with Crippen LogP contribution in [0.5, 0.6) is 0 Å². The summed E-state index contributed by atoms with van der Waals surface area (Å²) in [5.41, 5.74) is 1.86. The van der Waals surface area contributed by atoms with Gasteiger partial charge >= 0.3 is 0 Å². The van der Waals surface area contributed by atoms with Crippen molar-refractivity contribution in [3.8, 4) is 0 Å². The maximum Gasteiger partial charge on any atom is 0.0937 e. The van der Waals surface area contributed by atoms with E-state index in [9.17, 15) is 0 Å². The molecule has 0 aromatic carbocycles. The maximum atomic E-state index is 5.29. The molecule has 1 fully saturated rings. The van der Waals surface area contributed by atoms with Gasteiger partial charge in [0.25, 0.3) is 0 Å². The molecule has 2 atom stereocenters. The molecule has 0 bridgehead atoms. The Hall–Kier alpha value is -0.760. The summed E-state index contributed by atoms with van der Waals surface area (Å²) in [6.45, 7) is 10.4. The van der Waals surface area contributed by atoms with Crippen molar-refractivity contribution < 1.29 is 4.42 Å². The first kappa shape index (κ1) is 13.7. The molecule has 18 heavy (non-hydrogen) atoms. The van der Waals surface area contributed by atoms with E-state index in [0.29, 0.717) is 17.4 Å². The Balaban J connectivity index is 2.07. The van der Waals surface area contributed by atoms with Crippen LogP contribution in [-0.4, -0.2) is 12.6 Å². The summed E-state index contributed by atoms with van der Waals surface area (Å²) in [5, 5.41) is 3.60. The second-order valence-electron chi connectivity index (χ2n) is 6.89. The van der Waals surface area contributed by atoms with Gasteiger partial charge in [0.05, 0.1) is 12.5 Å². The summed E-state index contributed by atoms with van der Waals surface area (Å²) in [6, 6.07) is 2.72. The molecule has 102 valence electrons. The first-order valence-electron chi connectivity index (χ1n) is 7.23. The van der Waals surface area contributed by atoms with E-state index in [0.717, 1.165) is 12.5 Å². The molecule has 0 radical (unpaired) electrons. The van der Waals surface area contributed by atoms with Crippen molar-refractivity contribution in [3.05, 3.63) is 24.2 Å². The van der Waals surface area contributed by atoms with Crippen LogP contribution < -0.4 is 5.32 Å². The average molecular weight is 249 g/mol. The highest BCUT2D eigenvalue weighted by molar-refractivity contribution is 5.16. The van der Waals surface area contributed by atoms with Gasteiger partial charge in [-0.15, -0.1) is 0 Å². The van der Waals surface area contributed by atoms with E-state index in [2.05, 4.69) is 39.1 Å². The molecule has 1 aliphatic rings. The van der Waals surface area contributed by atoms with Gasteiger partial charge in [-0.25, -0.2) is 0 Å². The molecule has 1 aliphatic carbocycles. The lowest BCUT2D eigenvalue weighted by molar-refractivity contribution is 0.158. The third kappa shape index (κ3) is 3.38. The smallest absolute Gasteiger partial charge is 0.0937 e. The van der Waals surface area contributed by atoms with E-state index in [1.165, 1.54) is 24.8 Å². The Labute approximate surface area is 111 Å². The lowest BCUT2D eigenvalue weighted by atomic mass is 9.65. The van der Waals surface area contributed by atoms with Crippen LogP contribution in [0.3, 0.4) is 0 Å². The van der Waals surface area contributed by atoms with Gasteiger partial charge in [0.1, 0.15) is 0 Å². The van der Waals surface area contributed by atoms with Gasteiger partial charge in [-0.05, 0) is 54.7 Å². The molecule has 1 saturated carbocycles. The van der Waals surface area contributed by atoms with Crippen molar-refractivity contribution >= 4 is 0 Å². The molecule has 2 heteroatoms. The molecule has 0 aliphatic heterocycles. The predicted molar refractivity (Wildman–Crippen MR) is 75.7 cm³/mol. The normalized spacial score (nSPS) is 27.6. The van der Waals surface area contributed by atoms with Crippen LogP contribution in [0.2, 0.25) is 0 Å². The predicted octanol–water partition coefficient (Wildman–Crippen LogP) is 4.19. The van der Waals surface area contributed by atoms with Crippen molar-refractivity contribution in [2.75, 3.05) is 6.54 Å². The van der Waals surface area contributed by atoms with Crippen LogP contribution in [0.15, 0.2) is 23.0 Å².